The molecule has 1 aromatic carbocycles. The molecule has 0 atom stereocenters. The van der Waals surface area contributed by atoms with Gasteiger partial charge in [0.05, 0.1) is 11.9 Å². The summed E-state index contributed by atoms with van der Waals surface area (Å²) in [4.78, 5) is 13.7. The van der Waals surface area contributed by atoms with Crippen LogP contribution in [0.2, 0.25) is 0 Å². The minimum absolute atomic E-state index is 0.389. The summed E-state index contributed by atoms with van der Waals surface area (Å²) in [6.07, 6.45) is 2.80. The van der Waals surface area contributed by atoms with Crippen LogP contribution in [-0.2, 0) is 17.6 Å². The van der Waals surface area contributed by atoms with Gasteiger partial charge in [0.15, 0.2) is 5.82 Å². The fourth-order valence-corrected chi connectivity index (χ4v) is 2.89. The summed E-state index contributed by atoms with van der Waals surface area (Å²) in [5.41, 5.74) is 10.1. The van der Waals surface area contributed by atoms with Gasteiger partial charge in [-0.05, 0) is 16.8 Å². The lowest BCUT2D eigenvalue weighted by atomic mass is 9.99. The van der Waals surface area contributed by atoms with Crippen LogP contribution in [-0.4, -0.2) is 21.3 Å². The maximum atomic E-state index is 11.7. The first-order chi connectivity index (χ1) is 9.75. The van der Waals surface area contributed by atoms with Crippen LogP contribution < -0.4 is 10.6 Å². The molecule has 0 bridgehead atoms. The van der Waals surface area contributed by atoms with Gasteiger partial charge in [-0.2, -0.15) is 0 Å². The first-order valence-corrected chi connectivity index (χ1v) is 6.33. The molecule has 1 amide bonds. The van der Waals surface area contributed by atoms with Crippen LogP contribution in [0.15, 0.2) is 41.7 Å². The minimum Gasteiger partial charge on any atom is -0.366 e. The van der Waals surface area contributed by atoms with E-state index >= 15 is 0 Å². The van der Waals surface area contributed by atoms with Crippen LogP contribution in [0.3, 0.4) is 0 Å². The number of fused-ring (bicyclic) bond motifs is 5. The summed E-state index contributed by atoms with van der Waals surface area (Å²) in [6, 6.07) is 8.02. The van der Waals surface area contributed by atoms with E-state index in [0.717, 1.165) is 28.3 Å². The molecule has 0 unspecified atom stereocenters. The molecule has 2 aliphatic rings. The van der Waals surface area contributed by atoms with Gasteiger partial charge in [0.25, 0.3) is 0 Å². The second-order valence-electron chi connectivity index (χ2n) is 4.89. The molecule has 0 aliphatic carbocycles. The Morgan fingerprint density at radius 3 is 2.90 bits per heavy atom. The Balaban J connectivity index is 2.00. The molecule has 0 spiro atoms. The van der Waals surface area contributed by atoms with Gasteiger partial charge in [-0.15, -0.1) is 10.2 Å². The van der Waals surface area contributed by atoms with Gasteiger partial charge in [0, 0.05) is 29.7 Å². The number of carbonyl (C=O) groups excluding carboxylic acids is 1. The third-order valence-electron chi connectivity index (χ3n) is 3.78. The van der Waals surface area contributed by atoms with Crippen molar-refractivity contribution in [2.24, 2.45) is 5.73 Å². The quantitative estimate of drug-likeness (QED) is 0.826. The lowest BCUT2D eigenvalue weighted by Gasteiger charge is -2.28. The average molecular weight is 265 g/mol. The predicted molar refractivity (Wildman–Crippen MR) is 72.0 cm³/mol. The normalized spacial score (nSPS) is 15.7. The summed E-state index contributed by atoms with van der Waals surface area (Å²) in [6.45, 7) is 0. The van der Waals surface area contributed by atoms with Gasteiger partial charge in [-0.25, -0.2) is 0 Å². The van der Waals surface area contributed by atoms with Crippen LogP contribution in [0.1, 0.15) is 11.1 Å². The van der Waals surface area contributed by atoms with Crippen molar-refractivity contribution in [3.05, 3.63) is 52.9 Å². The number of allylic oxidation sites excluding steroid dienone is 1. The maximum Gasteiger partial charge on any atom is 0.246 e. The summed E-state index contributed by atoms with van der Waals surface area (Å²) in [5.74, 6) is 0.352. The highest BCUT2D eigenvalue weighted by atomic mass is 16.1. The Labute approximate surface area is 114 Å². The van der Waals surface area contributed by atoms with Gasteiger partial charge in [0.1, 0.15) is 0 Å². The molecule has 3 heterocycles. The molecule has 4 rings (SSSR count). The van der Waals surface area contributed by atoms with E-state index in [9.17, 15) is 4.79 Å². The molecule has 0 radical (unpaired) electrons. The van der Waals surface area contributed by atoms with Crippen LogP contribution in [0.5, 0.6) is 0 Å². The average Bonchev–Trinajstić information content (AvgIpc) is 2.85. The lowest BCUT2D eigenvalue weighted by molar-refractivity contribution is -0.114. The highest BCUT2D eigenvalue weighted by Gasteiger charge is 2.35. The number of benzene rings is 1. The van der Waals surface area contributed by atoms with Crippen molar-refractivity contribution in [2.75, 3.05) is 4.90 Å². The summed E-state index contributed by atoms with van der Waals surface area (Å²) < 4.78 is 0. The standard InChI is InChI=1S/C14H11N5O/c15-13(20)10-5-9-7-16-18-17-14(9)19-11-4-2-1-3-8(11)6-12(10)19/h1-4,7H,5-6H2,(H2,15,20). The lowest BCUT2D eigenvalue weighted by Crippen LogP contribution is -2.29. The number of primary amides is 1. The number of nitrogens with two attached hydrogens (primary N) is 1. The Morgan fingerprint density at radius 2 is 2.05 bits per heavy atom. The second kappa shape index (κ2) is 3.86. The highest BCUT2D eigenvalue weighted by Crippen LogP contribution is 2.44. The number of nitrogens with zero attached hydrogens (tertiary/aromatic N) is 4. The number of hydrogen-bond acceptors (Lipinski definition) is 5. The van der Waals surface area contributed by atoms with E-state index in [4.69, 9.17) is 5.73 Å². The number of carbonyl (C=O) groups is 1. The van der Waals surface area contributed by atoms with Crippen LogP contribution in [0.25, 0.3) is 0 Å². The minimum atomic E-state index is -0.389. The molecule has 2 aliphatic heterocycles. The second-order valence-corrected chi connectivity index (χ2v) is 4.89. The maximum absolute atomic E-state index is 11.7. The zero-order valence-electron chi connectivity index (χ0n) is 10.6. The third kappa shape index (κ3) is 1.38. The third-order valence-corrected chi connectivity index (χ3v) is 3.78. The Kier molecular flexibility index (Phi) is 2.14. The molecule has 98 valence electrons. The van der Waals surface area contributed by atoms with Crippen LogP contribution in [0.4, 0.5) is 11.5 Å². The van der Waals surface area contributed by atoms with Gasteiger partial charge in [-0.1, -0.05) is 18.2 Å². The number of anilines is 2. The number of amides is 1. The topological polar surface area (TPSA) is 85.0 Å². The highest BCUT2D eigenvalue weighted by molar-refractivity contribution is 5.97. The Bertz CT molecular complexity index is 768. The largest absolute Gasteiger partial charge is 0.366 e. The van der Waals surface area contributed by atoms with Crippen molar-refractivity contribution in [3.8, 4) is 0 Å². The molecule has 2 aromatic rings. The van der Waals surface area contributed by atoms with Crippen molar-refractivity contribution in [1.29, 1.82) is 0 Å². The van der Waals surface area contributed by atoms with Gasteiger partial charge in [0.2, 0.25) is 5.91 Å². The number of para-hydroxylation sites is 1. The van der Waals surface area contributed by atoms with E-state index < -0.39 is 0 Å². The van der Waals surface area contributed by atoms with Crippen molar-refractivity contribution < 1.29 is 4.79 Å². The summed E-state index contributed by atoms with van der Waals surface area (Å²) >= 11 is 0. The molecule has 6 heteroatoms. The zero-order chi connectivity index (χ0) is 13.7. The Hall–Kier alpha value is -2.76. The molecule has 0 fully saturated rings. The van der Waals surface area contributed by atoms with E-state index in [1.807, 2.05) is 29.2 Å². The van der Waals surface area contributed by atoms with Crippen molar-refractivity contribution in [3.63, 3.8) is 0 Å². The monoisotopic (exact) mass is 265 g/mol. The zero-order valence-corrected chi connectivity index (χ0v) is 10.6. The summed E-state index contributed by atoms with van der Waals surface area (Å²) in [7, 11) is 0. The molecule has 2 N–H and O–H groups in total. The smallest absolute Gasteiger partial charge is 0.246 e. The van der Waals surface area contributed by atoms with Gasteiger partial charge < -0.3 is 5.73 Å². The fraction of sp³-hybridized carbons (Fsp3) is 0.143. The van der Waals surface area contributed by atoms with Crippen molar-refractivity contribution in [2.45, 2.75) is 12.8 Å². The molecule has 20 heavy (non-hydrogen) atoms. The first kappa shape index (κ1) is 11.1. The van der Waals surface area contributed by atoms with E-state index in [1.54, 1.807) is 6.20 Å². The molecular formula is C14H11N5O. The molecule has 1 aromatic heterocycles. The number of aromatic nitrogens is 3. The molecule has 0 saturated carbocycles. The number of rotatable bonds is 1. The van der Waals surface area contributed by atoms with E-state index in [1.165, 1.54) is 0 Å². The van der Waals surface area contributed by atoms with E-state index in [0.29, 0.717) is 18.4 Å². The van der Waals surface area contributed by atoms with Gasteiger partial charge in [-0.3, -0.25) is 9.69 Å². The summed E-state index contributed by atoms with van der Waals surface area (Å²) in [5, 5.41) is 11.7. The van der Waals surface area contributed by atoms with Crippen LogP contribution >= 0.6 is 0 Å². The molecular weight excluding hydrogens is 254 g/mol. The van der Waals surface area contributed by atoms with Gasteiger partial charge >= 0.3 is 0 Å². The van der Waals surface area contributed by atoms with E-state index in [-0.39, 0.29) is 5.91 Å². The number of hydrogen-bond donors (Lipinski definition) is 1. The molecule has 6 nitrogen and oxygen atoms in total. The fourth-order valence-electron chi connectivity index (χ4n) is 2.89. The SMILES string of the molecule is NC(=O)C1=C2Cc3ccccc3N2c2nnncc2C1. The van der Waals surface area contributed by atoms with Crippen molar-refractivity contribution in [1.82, 2.24) is 15.4 Å². The first-order valence-electron chi connectivity index (χ1n) is 6.33. The predicted octanol–water partition coefficient (Wildman–Crippen LogP) is 0.861. The van der Waals surface area contributed by atoms with Crippen LogP contribution in [0, 0.1) is 0 Å². The van der Waals surface area contributed by atoms with Crippen molar-refractivity contribution >= 4 is 17.4 Å². The molecule has 0 saturated heterocycles. The Morgan fingerprint density at radius 1 is 1.20 bits per heavy atom. The van der Waals surface area contributed by atoms with E-state index in [2.05, 4.69) is 15.4 Å².